The zero-order chi connectivity index (χ0) is 23.3. The standard InChI is InChI=1S/C22H25F3N4O2S/c1-11-3-17(22(23,24)25)16(10-26)19(27-11)32-12(2)18(30)28-20(31)29-21-7-13-4-14(8-21)6-15(5-13)9-21/h3,12-15H,4-9H2,1-2H3,(H2,28,29,30,31). The Morgan fingerprint density at radius 1 is 1.22 bits per heavy atom. The second kappa shape index (κ2) is 8.25. The number of pyridine rings is 1. The number of nitrogens with zero attached hydrogens (tertiary/aromatic N) is 2. The molecule has 1 atom stereocenters. The number of halogens is 3. The minimum absolute atomic E-state index is 0.0889. The van der Waals surface area contributed by atoms with Gasteiger partial charge in [-0.05, 0) is 76.2 Å². The van der Waals surface area contributed by atoms with Crippen molar-refractivity contribution in [2.45, 2.75) is 74.4 Å². The summed E-state index contributed by atoms with van der Waals surface area (Å²) in [5.74, 6) is 1.25. The summed E-state index contributed by atoms with van der Waals surface area (Å²) in [4.78, 5) is 29.2. The van der Waals surface area contributed by atoms with Gasteiger partial charge in [-0.2, -0.15) is 18.4 Å². The molecule has 3 amide bonds. The molecule has 0 aliphatic heterocycles. The first-order valence-electron chi connectivity index (χ1n) is 10.8. The van der Waals surface area contributed by atoms with Crippen molar-refractivity contribution in [2.24, 2.45) is 17.8 Å². The number of aryl methyl sites for hydroxylation is 1. The Morgan fingerprint density at radius 2 is 1.78 bits per heavy atom. The van der Waals surface area contributed by atoms with E-state index in [0.717, 1.165) is 37.1 Å². The van der Waals surface area contributed by atoms with Gasteiger partial charge in [-0.3, -0.25) is 10.1 Å². The summed E-state index contributed by atoms with van der Waals surface area (Å²) in [5, 5.41) is 13.5. The quantitative estimate of drug-likeness (QED) is 0.635. The Bertz CT molecular complexity index is 953. The van der Waals surface area contributed by atoms with Crippen LogP contribution in [0, 0.1) is 36.0 Å². The van der Waals surface area contributed by atoms with Crippen LogP contribution in [-0.2, 0) is 11.0 Å². The van der Waals surface area contributed by atoms with Gasteiger partial charge in [0.2, 0.25) is 5.91 Å². The number of nitriles is 1. The molecule has 4 fully saturated rings. The number of alkyl halides is 3. The molecule has 5 rings (SSSR count). The first kappa shape index (κ1) is 22.9. The van der Waals surface area contributed by atoms with Crippen molar-refractivity contribution < 1.29 is 22.8 Å². The molecular weight excluding hydrogens is 441 g/mol. The lowest BCUT2D eigenvalue weighted by atomic mass is 9.53. The van der Waals surface area contributed by atoms with E-state index in [0.29, 0.717) is 17.8 Å². The van der Waals surface area contributed by atoms with E-state index < -0.39 is 34.5 Å². The molecular formula is C22H25F3N4O2S. The van der Waals surface area contributed by atoms with Gasteiger partial charge in [0.05, 0.1) is 16.4 Å². The van der Waals surface area contributed by atoms with Crippen LogP contribution in [0.2, 0.25) is 0 Å². The molecule has 172 valence electrons. The van der Waals surface area contributed by atoms with Crippen LogP contribution < -0.4 is 10.6 Å². The predicted octanol–water partition coefficient (Wildman–Crippen LogP) is 4.56. The fourth-order valence-electron chi connectivity index (χ4n) is 6.03. The third-order valence-electron chi connectivity index (χ3n) is 6.84. The number of carbonyl (C=O) groups is 2. The maximum Gasteiger partial charge on any atom is 0.417 e. The van der Waals surface area contributed by atoms with E-state index in [1.54, 1.807) is 6.07 Å². The highest BCUT2D eigenvalue weighted by Gasteiger charge is 2.51. The maximum atomic E-state index is 13.3. The maximum absolute atomic E-state index is 13.3. The van der Waals surface area contributed by atoms with E-state index in [4.69, 9.17) is 0 Å². The molecule has 10 heteroatoms. The number of rotatable bonds is 4. The zero-order valence-corrected chi connectivity index (χ0v) is 18.7. The number of thioether (sulfide) groups is 1. The number of urea groups is 1. The molecule has 1 heterocycles. The smallest absolute Gasteiger partial charge is 0.332 e. The lowest BCUT2D eigenvalue weighted by Crippen LogP contribution is -2.62. The third-order valence-corrected chi connectivity index (χ3v) is 7.93. The number of aromatic nitrogens is 1. The van der Waals surface area contributed by atoms with Gasteiger partial charge in [0.1, 0.15) is 11.1 Å². The number of imide groups is 1. The Kier molecular flexibility index (Phi) is 5.90. The fraction of sp³-hybridized carbons (Fsp3) is 0.636. The summed E-state index contributed by atoms with van der Waals surface area (Å²) in [6.07, 6.45) is 1.76. The van der Waals surface area contributed by atoms with Crippen molar-refractivity contribution in [3.63, 3.8) is 0 Å². The highest BCUT2D eigenvalue weighted by molar-refractivity contribution is 8.00. The number of nitrogens with one attached hydrogen (secondary N) is 2. The average Bonchev–Trinajstić information content (AvgIpc) is 2.65. The number of amides is 3. The normalized spacial score (nSPS) is 29.3. The van der Waals surface area contributed by atoms with Crippen LogP contribution in [0.15, 0.2) is 11.1 Å². The Labute approximate surface area is 188 Å². The fourth-order valence-corrected chi connectivity index (χ4v) is 7.00. The van der Waals surface area contributed by atoms with Gasteiger partial charge in [0, 0.05) is 11.2 Å². The molecule has 4 saturated carbocycles. The summed E-state index contributed by atoms with van der Waals surface area (Å²) < 4.78 is 39.9. The molecule has 2 N–H and O–H groups in total. The van der Waals surface area contributed by atoms with Crippen LogP contribution in [0.3, 0.4) is 0 Å². The second-order valence-corrected chi connectivity index (χ2v) is 10.8. The van der Waals surface area contributed by atoms with Crippen molar-refractivity contribution in [3.8, 4) is 6.07 Å². The molecule has 0 saturated heterocycles. The van der Waals surface area contributed by atoms with E-state index in [9.17, 15) is 28.0 Å². The molecule has 6 nitrogen and oxygen atoms in total. The van der Waals surface area contributed by atoms with Gasteiger partial charge in [-0.15, -0.1) is 0 Å². The molecule has 4 aliphatic carbocycles. The minimum Gasteiger partial charge on any atom is -0.332 e. The van der Waals surface area contributed by atoms with Crippen LogP contribution in [0.25, 0.3) is 0 Å². The lowest BCUT2D eigenvalue weighted by Gasteiger charge is -2.56. The van der Waals surface area contributed by atoms with Gasteiger partial charge < -0.3 is 5.32 Å². The monoisotopic (exact) mass is 466 g/mol. The molecule has 0 spiro atoms. The van der Waals surface area contributed by atoms with E-state index >= 15 is 0 Å². The van der Waals surface area contributed by atoms with Crippen molar-refractivity contribution in [1.82, 2.24) is 15.6 Å². The van der Waals surface area contributed by atoms with Crippen molar-refractivity contribution in [2.75, 3.05) is 0 Å². The van der Waals surface area contributed by atoms with Crippen LogP contribution in [0.1, 0.15) is 62.3 Å². The number of hydrogen-bond acceptors (Lipinski definition) is 5. The van der Waals surface area contributed by atoms with Crippen molar-refractivity contribution >= 4 is 23.7 Å². The summed E-state index contributed by atoms with van der Waals surface area (Å²) in [6, 6.07) is 1.79. The Morgan fingerprint density at radius 3 is 2.28 bits per heavy atom. The van der Waals surface area contributed by atoms with E-state index in [1.165, 1.54) is 33.1 Å². The molecule has 1 aromatic rings. The molecule has 32 heavy (non-hydrogen) atoms. The lowest BCUT2D eigenvalue weighted by molar-refractivity contribution is -0.138. The summed E-state index contributed by atoms with van der Waals surface area (Å²) in [5.41, 5.74) is -1.87. The van der Waals surface area contributed by atoms with Crippen LogP contribution in [0.5, 0.6) is 0 Å². The van der Waals surface area contributed by atoms with Gasteiger partial charge >= 0.3 is 12.2 Å². The van der Waals surface area contributed by atoms with Crippen molar-refractivity contribution in [1.29, 1.82) is 5.26 Å². The highest BCUT2D eigenvalue weighted by atomic mass is 32.2. The van der Waals surface area contributed by atoms with Gasteiger partial charge in [-0.1, -0.05) is 11.8 Å². The topological polar surface area (TPSA) is 94.9 Å². The first-order chi connectivity index (χ1) is 15.0. The molecule has 0 aromatic carbocycles. The number of hydrogen-bond donors (Lipinski definition) is 2. The highest BCUT2D eigenvalue weighted by Crippen LogP contribution is 2.55. The molecule has 4 aliphatic rings. The summed E-state index contributed by atoms with van der Waals surface area (Å²) in [7, 11) is 0. The largest absolute Gasteiger partial charge is 0.417 e. The summed E-state index contributed by atoms with van der Waals surface area (Å²) >= 11 is 0.734. The van der Waals surface area contributed by atoms with Gasteiger partial charge in [0.15, 0.2) is 0 Å². The number of carbonyl (C=O) groups excluding carboxylic acids is 2. The predicted molar refractivity (Wildman–Crippen MR) is 112 cm³/mol. The first-order valence-corrected chi connectivity index (χ1v) is 11.6. The zero-order valence-electron chi connectivity index (χ0n) is 17.9. The third kappa shape index (κ3) is 4.58. The Balaban J connectivity index is 1.41. The molecule has 4 bridgehead atoms. The van der Waals surface area contributed by atoms with Crippen LogP contribution in [0.4, 0.5) is 18.0 Å². The summed E-state index contributed by atoms with van der Waals surface area (Å²) in [6.45, 7) is 2.86. The van der Waals surface area contributed by atoms with Crippen LogP contribution >= 0.6 is 11.8 Å². The molecule has 1 unspecified atom stereocenters. The van der Waals surface area contributed by atoms with Crippen molar-refractivity contribution in [3.05, 3.63) is 22.9 Å². The minimum atomic E-state index is -4.71. The SMILES string of the molecule is Cc1cc(C(F)(F)F)c(C#N)c(SC(C)C(=O)NC(=O)NC23CC4CC(CC(C4)C2)C3)n1. The van der Waals surface area contributed by atoms with E-state index in [1.807, 2.05) is 0 Å². The van der Waals surface area contributed by atoms with E-state index in [-0.39, 0.29) is 16.3 Å². The molecule has 1 aromatic heterocycles. The second-order valence-electron chi connectivity index (χ2n) is 9.50. The van der Waals surface area contributed by atoms with Gasteiger partial charge in [0.25, 0.3) is 0 Å². The van der Waals surface area contributed by atoms with E-state index in [2.05, 4.69) is 15.6 Å². The average molecular weight is 467 g/mol. The Hall–Kier alpha value is -2.28. The molecule has 0 radical (unpaired) electrons. The van der Waals surface area contributed by atoms with Crippen LogP contribution in [-0.4, -0.2) is 27.7 Å². The van der Waals surface area contributed by atoms with Gasteiger partial charge in [-0.25, -0.2) is 9.78 Å².